The molecule has 238 valence electrons. The van der Waals surface area contributed by atoms with Gasteiger partial charge in [-0.2, -0.15) is 5.10 Å². The van der Waals surface area contributed by atoms with Gasteiger partial charge in [0.2, 0.25) is 0 Å². The zero-order chi connectivity index (χ0) is 32.5. The zero-order valence-corrected chi connectivity index (χ0v) is 25.8. The molecule has 46 heavy (non-hydrogen) atoms. The Bertz CT molecular complexity index is 1750. The number of aliphatic hydroxyl groups is 1. The van der Waals surface area contributed by atoms with E-state index in [9.17, 15) is 14.7 Å². The maximum Gasteiger partial charge on any atom is 0.337 e. The first-order valence-electron chi connectivity index (χ1n) is 14.8. The largest absolute Gasteiger partial charge is 0.490 e. The second kappa shape index (κ2) is 15.0. The number of fused-ring (bicyclic) bond motifs is 1. The molecule has 2 amide bonds. The number of carbonyl (C=O) groups is 2. The molecule has 4 aromatic carbocycles. The lowest BCUT2D eigenvalue weighted by Gasteiger charge is -2.28. The number of nitrogens with one attached hydrogen (secondary N) is 3. The van der Waals surface area contributed by atoms with Gasteiger partial charge in [0.05, 0.1) is 31.5 Å². The van der Waals surface area contributed by atoms with Crippen LogP contribution < -0.4 is 30.3 Å². The average Bonchev–Trinajstić information content (AvgIpc) is 3.06. The molecule has 1 aliphatic heterocycles. The van der Waals surface area contributed by atoms with Gasteiger partial charge in [0, 0.05) is 5.70 Å². The standard InChI is InChI=1S/C35H36N4O7/c1-4-44-30-18-25(33-32(34(41)43-3)22(2)37-35(42)38-33)14-17-29(30)46-21-31(40)39-36-19-23-12-15-27(16-13-23)45-20-26-10-7-9-24-8-5-6-11-28(24)26/h5-19,31,33,39-40H,4,20-21H2,1-3H3,(H2,37,38,42)/b36-19-/t31-,33+/m0/s1. The van der Waals surface area contributed by atoms with E-state index in [1.807, 2.05) is 49.4 Å². The summed E-state index contributed by atoms with van der Waals surface area (Å²) in [4.78, 5) is 24.6. The number of methoxy groups -OCH3 is 1. The van der Waals surface area contributed by atoms with E-state index in [2.05, 4.69) is 45.4 Å². The van der Waals surface area contributed by atoms with Crippen molar-refractivity contribution in [3.05, 3.63) is 113 Å². The fourth-order valence-corrected chi connectivity index (χ4v) is 5.05. The molecule has 0 bridgehead atoms. The quantitative estimate of drug-likeness (QED) is 0.0710. The first-order chi connectivity index (χ1) is 22.4. The summed E-state index contributed by atoms with van der Waals surface area (Å²) in [5.41, 5.74) is 5.84. The number of carbonyl (C=O) groups excluding carboxylic acids is 2. The number of hydrogen-bond donors (Lipinski definition) is 4. The van der Waals surface area contributed by atoms with Gasteiger partial charge in [0.1, 0.15) is 19.0 Å². The SMILES string of the molecule is CCOc1cc([C@H]2NC(=O)NC(C)=C2C(=O)OC)ccc1OC[C@H](O)N/N=C\c1ccc(OCc2cccc3ccccc23)cc1. The van der Waals surface area contributed by atoms with Crippen molar-refractivity contribution in [2.24, 2.45) is 5.10 Å². The number of amides is 2. The third kappa shape index (κ3) is 7.74. The van der Waals surface area contributed by atoms with Gasteiger partial charge in [0.15, 0.2) is 17.7 Å². The van der Waals surface area contributed by atoms with Crippen LogP contribution >= 0.6 is 0 Å². The second-order valence-corrected chi connectivity index (χ2v) is 10.4. The summed E-state index contributed by atoms with van der Waals surface area (Å²) in [5.74, 6) is 0.922. The number of aliphatic hydroxyl groups excluding tert-OH is 1. The highest BCUT2D eigenvalue weighted by Gasteiger charge is 2.32. The van der Waals surface area contributed by atoms with Crippen LogP contribution in [0.5, 0.6) is 17.2 Å². The number of nitrogens with zero attached hydrogens (tertiary/aromatic N) is 1. The highest BCUT2D eigenvalue weighted by molar-refractivity contribution is 5.95. The van der Waals surface area contributed by atoms with E-state index < -0.39 is 24.3 Å². The predicted octanol–water partition coefficient (Wildman–Crippen LogP) is 4.94. The van der Waals surface area contributed by atoms with Crippen LogP contribution in [-0.2, 0) is 16.1 Å². The topological polar surface area (TPSA) is 140 Å². The summed E-state index contributed by atoms with van der Waals surface area (Å²) >= 11 is 0. The number of ether oxygens (including phenoxy) is 4. The zero-order valence-electron chi connectivity index (χ0n) is 25.8. The smallest absolute Gasteiger partial charge is 0.337 e. The molecule has 0 fully saturated rings. The first kappa shape index (κ1) is 31.9. The molecule has 0 saturated carbocycles. The van der Waals surface area contributed by atoms with Gasteiger partial charge >= 0.3 is 12.0 Å². The molecule has 0 spiro atoms. The van der Waals surface area contributed by atoms with Crippen molar-refractivity contribution >= 4 is 29.0 Å². The molecule has 2 atom stereocenters. The molecule has 0 radical (unpaired) electrons. The molecule has 0 saturated heterocycles. The van der Waals surface area contributed by atoms with Crippen molar-refractivity contribution in [2.75, 3.05) is 20.3 Å². The average molecular weight is 625 g/mol. The van der Waals surface area contributed by atoms with Crippen LogP contribution in [-0.4, -0.2) is 49.9 Å². The Labute approximate surface area is 266 Å². The van der Waals surface area contributed by atoms with E-state index in [1.165, 1.54) is 17.9 Å². The van der Waals surface area contributed by atoms with E-state index in [-0.39, 0.29) is 12.2 Å². The molecule has 4 aromatic rings. The van der Waals surface area contributed by atoms with Crippen molar-refractivity contribution in [1.29, 1.82) is 0 Å². The van der Waals surface area contributed by atoms with Crippen molar-refractivity contribution < 1.29 is 33.6 Å². The molecule has 11 heteroatoms. The number of urea groups is 1. The van der Waals surface area contributed by atoms with Gasteiger partial charge in [-0.1, -0.05) is 48.5 Å². The van der Waals surface area contributed by atoms with Crippen LogP contribution in [0.1, 0.15) is 36.6 Å². The Hall–Kier alpha value is -5.55. The molecule has 0 aromatic heterocycles. The molecule has 1 heterocycles. The normalized spacial score (nSPS) is 15.2. The lowest BCUT2D eigenvalue weighted by molar-refractivity contribution is -0.136. The summed E-state index contributed by atoms with van der Waals surface area (Å²) in [5, 5.41) is 22.2. The second-order valence-electron chi connectivity index (χ2n) is 10.4. The summed E-state index contributed by atoms with van der Waals surface area (Å²) in [6, 6.07) is 25.7. The van der Waals surface area contributed by atoms with E-state index in [0.717, 1.165) is 16.9 Å². The van der Waals surface area contributed by atoms with Gasteiger partial charge in [-0.15, -0.1) is 0 Å². The number of hydrazone groups is 1. The summed E-state index contributed by atoms with van der Waals surface area (Å²) in [6.07, 6.45) is 0.466. The third-order valence-corrected chi connectivity index (χ3v) is 7.26. The van der Waals surface area contributed by atoms with Gasteiger partial charge in [-0.25, -0.2) is 9.59 Å². The van der Waals surface area contributed by atoms with Gasteiger partial charge < -0.3 is 34.7 Å². The van der Waals surface area contributed by atoms with E-state index in [4.69, 9.17) is 18.9 Å². The monoisotopic (exact) mass is 624 g/mol. The first-order valence-corrected chi connectivity index (χ1v) is 14.8. The minimum absolute atomic E-state index is 0.131. The number of hydrogen-bond acceptors (Lipinski definition) is 9. The fourth-order valence-electron chi connectivity index (χ4n) is 5.05. The highest BCUT2D eigenvalue weighted by atomic mass is 16.5. The Kier molecular flexibility index (Phi) is 10.4. The molecule has 4 N–H and O–H groups in total. The van der Waals surface area contributed by atoms with Crippen LogP contribution in [0.2, 0.25) is 0 Å². The number of esters is 1. The van der Waals surface area contributed by atoms with Crippen molar-refractivity contribution in [2.45, 2.75) is 32.7 Å². The number of allylic oxidation sites excluding steroid dienone is 1. The Morgan fingerprint density at radius 1 is 1.00 bits per heavy atom. The predicted molar refractivity (Wildman–Crippen MR) is 174 cm³/mol. The van der Waals surface area contributed by atoms with E-state index >= 15 is 0 Å². The number of benzene rings is 4. The van der Waals surface area contributed by atoms with Crippen LogP contribution in [0.3, 0.4) is 0 Å². The van der Waals surface area contributed by atoms with Crippen LogP contribution in [0.15, 0.2) is 101 Å². The molecule has 0 unspecified atom stereocenters. The Morgan fingerprint density at radius 2 is 1.78 bits per heavy atom. The Morgan fingerprint density at radius 3 is 2.57 bits per heavy atom. The third-order valence-electron chi connectivity index (χ3n) is 7.26. The lowest BCUT2D eigenvalue weighted by atomic mass is 9.95. The maximum absolute atomic E-state index is 12.4. The molecular formula is C35H36N4O7. The fraction of sp³-hybridized carbons (Fsp3) is 0.229. The van der Waals surface area contributed by atoms with Crippen molar-refractivity contribution in [3.8, 4) is 17.2 Å². The molecular weight excluding hydrogens is 588 g/mol. The minimum Gasteiger partial charge on any atom is -0.490 e. The Balaban J connectivity index is 1.15. The highest BCUT2D eigenvalue weighted by Crippen LogP contribution is 2.35. The van der Waals surface area contributed by atoms with Crippen LogP contribution in [0.4, 0.5) is 4.79 Å². The molecule has 5 rings (SSSR count). The summed E-state index contributed by atoms with van der Waals surface area (Å²) < 4.78 is 22.5. The maximum atomic E-state index is 12.4. The van der Waals surface area contributed by atoms with E-state index in [0.29, 0.717) is 36.0 Å². The summed E-state index contributed by atoms with van der Waals surface area (Å²) in [7, 11) is 1.28. The van der Waals surface area contributed by atoms with Crippen LogP contribution in [0.25, 0.3) is 10.8 Å². The minimum atomic E-state index is -1.12. The van der Waals surface area contributed by atoms with Gasteiger partial charge in [0.25, 0.3) is 0 Å². The lowest BCUT2D eigenvalue weighted by Crippen LogP contribution is -2.45. The molecule has 11 nitrogen and oxygen atoms in total. The van der Waals surface area contributed by atoms with Crippen molar-refractivity contribution in [3.63, 3.8) is 0 Å². The molecule has 1 aliphatic rings. The van der Waals surface area contributed by atoms with E-state index in [1.54, 1.807) is 31.3 Å². The van der Waals surface area contributed by atoms with Gasteiger partial charge in [-0.3, -0.25) is 5.43 Å². The molecule has 0 aliphatic carbocycles. The number of rotatable bonds is 13. The van der Waals surface area contributed by atoms with Gasteiger partial charge in [-0.05, 0) is 77.7 Å². The summed E-state index contributed by atoms with van der Waals surface area (Å²) in [6.45, 7) is 4.12. The van der Waals surface area contributed by atoms with Crippen molar-refractivity contribution in [1.82, 2.24) is 16.1 Å². The van der Waals surface area contributed by atoms with Crippen LogP contribution in [0, 0.1) is 0 Å².